The number of hydrogen-bond donors (Lipinski definition) is 1. The third-order valence-electron chi connectivity index (χ3n) is 3.00. The van der Waals surface area contributed by atoms with Gasteiger partial charge in [-0.25, -0.2) is 9.97 Å². The van der Waals surface area contributed by atoms with Gasteiger partial charge in [-0.3, -0.25) is 0 Å². The van der Waals surface area contributed by atoms with E-state index in [4.69, 9.17) is 5.73 Å². The summed E-state index contributed by atoms with van der Waals surface area (Å²) >= 11 is 1.84. The molecule has 0 radical (unpaired) electrons. The zero-order valence-electron chi connectivity index (χ0n) is 9.60. The van der Waals surface area contributed by atoms with Crippen LogP contribution in [0.2, 0.25) is 0 Å². The maximum absolute atomic E-state index is 6.00. The number of hydrogen-bond acceptors (Lipinski definition) is 4. The summed E-state index contributed by atoms with van der Waals surface area (Å²) in [5, 5.41) is 0. The minimum Gasteiger partial charge on any atom is -0.383 e. The second-order valence-electron chi connectivity index (χ2n) is 4.17. The van der Waals surface area contributed by atoms with Crippen LogP contribution in [0.1, 0.15) is 16.8 Å². The molecule has 17 heavy (non-hydrogen) atoms. The molecule has 3 nitrogen and oxygen atoms in total. The molecule has 0 saturated heterocycles. The molecular formula is C13H13N3S. The number of rotatable bonds is 1. The van der Waals surface area contributed by atoms with Crippen molar-refractivity contribution < 1.29 is 0 Å². The number of anilines is 1. The van der Waals surface area contributed by atoms with Gasteiger partial charge in [-0.2, -0.15) is 11.8 Å². The normalized spacial score (nSPS) is 13.7. The number of nitrogen functional groups attached to an aromatic ring is 1. The molecule has 2 N–H and O–H groups in total. The minimum atomic E-state index is 0.637. The standard InChI is InChI=1S/C13H13N3S/c1-8-4-2-3-5-9(8)13-15-11-7-17-6-10(11)12(14)16-13/h2-5H,6-7H2,1H3,(H2,14,15,16). The van der Waals surface area contributed by atoms with Crippen molar-refractivity contribution in [2.24, 2.45) is 0 Å². The fraction of sp³-hybridized carbons (Fsp3) is 0.231. The molecule has 2 heterocycles. The highest BCUT2D eigenvalue weighted by Gasteiger charge is 2.19. The van der Waals surface area contributed by atoms with E-state index in [0.29, 0.717) is 5.82 Å². The maximum atomic E-state index is 6.00. The lowest BCUT2D eigenvalue weighted by Crippen LogP contribution is -2.03. The van der Waals surface area contributed by atoms with Gasteiger partial charge in [0, 0.05) is 22.6 Å². The third-order valence-corrected chi connectivity index (χ3v) is 3.97. The van der Waals surface area contributed by atoms with Crippen LogP contribution in [0.15, 0.2) is 24.3 Å². The molecule has 2 aromatic rings. The van der Waals surface area contributed by atoms with E-state index >= 15 is 0 Å². The number of nitrogens with two attached hydrogens (primary N) is 1. The summed E-state index contributed by atoms with van der Waals surface area (Å²) in [6.07, 6.45) is 0. The van der Waals surface area contributed by atoms with Gasteiger partial charge in [0.05, 0.1) is 5.69 Å². The van der Waals surface area contributed by atoms with E-state index in [0.717, 1.165) is 34.2 Å². The predicted molar refractivity (Wildman–Crippen MR) is 71.6 cm³/mol. The summed E-state index contributed by atoms with van der Waals surface area (Å²) in [5.41, 5.74) is 10.5. The second kappa shape index (κ2) is 4.04. The maximum Gasteiger partial charge on any atom is 0.162 e. The highest BCUT2D eigenvalue weighted by molar-refractivity contribution is 7.98. The lowest BCUT2D eigenvalue weighted by molar-refractivity contribution is 1.08. The van der Waals surface area contributed by atoms with E-state index in [1.165, 1.54) is 5.56 Å². The van der Waals surface area contributed by atoms with Gasteiger partial charge in [0.1, 0.15) is 5.82 Å². The quantitative estimate of drug-likeness (QED) is 0.836. The SMILES string of the molecule is Cc1ccccc1-c1nc(N)c2c(n1)CSC2. The number of aromatic nitrogens is 2. The number of benzene rings is 1. The predicted octanol–water partition coefficient (Wildman–Crippen LogP) is 2.78. The van der Waals surface area contributed by atoms with Gasteiger partial charge >= 0.3 is 0 Å². The summed E-state index contributed by atoms with van der Waals surface area (Å²) in [6, 6.07) is 8.13. The van der Waals surface area contributed by atoms with Crippen molar-refractivity contribution >= 4 is 17.6 Å². The molecule has 1 aromatic carbocycles. The number of fused-ring (bicyclic) bond motifs is 1. The molecule has 4 heteroatoms. The highest BCUT2D eigenvalue weighted by Crippen LogP contribution is 2.33. The van der Waals surface area contributed by atoms with Crippen LogP contribution in [0.3, 0.4) is 0 Å². The molecule has 3 rings (SSSR count). The molecule has 1 aromatic heterocycles. The van der Waals surface area contributed by atoms with Crippen LogP contribution in [0, 0.1) is 6.92 Å². The monoisotopic (exact) mass is 243 g/mol. The van der Waals surface area contributed by atoms with Crippen LogP contribution in [-0.2, 0) is 11.5 Å². The lowest BCUT2D eigenvalue weighted by atomic mass is 10.1. The first kappa shape index (κ1) is 10.6. The molecule has 0 bridgehead atoms. The topological polar surface area (TPSA) is 51.8 Å². The first-order valence-corrected chi connectivity index (χ1v) is 6.70. The summed E-state index contributed by atoms with van der Waals surface area (Å²) in [6.45, 7) is 2.07. The first-order chi connectivity index (χ1) is 8.25. The molecule has 1 aliphatic heterocycles. The Labute approximate surface area is 104 Å². The summed E-state index contributed by atoms with van der Waals surface area (Å²) < 4.78 is 0. The van der Waals surface area contributed by atoms with E-state index < -0.39 is 0 Å². The number of thioether (sulfide) groups is 1. The minimum absolute atomic E-state index is 0.637. The Balaban J connectivity index is 2.17. The second-order valence-corrected chi connectivity index (χ2v) is 5.15. The molecule has 0 aliphatic carbocycles. The lowest BCUT2D eigenvalue weighted by Gasteiger charge is -2.08. The van der Waals surface area contributed by atoms with Crippen molar-refractivity contribution in [3.05, 3.63) is 41.1 Å². The van der Waals surface area contributed by atoms with Crippen LogP contribution >= 0.6 is 11.8 Å². The van der Waals surface area contributed by atoms with Gasteiger partial charge in [0.25, 0.3) is 0 Å². The van der Waals surface area contributed by atoms with E-state index in [-0.39, 0.29) is 0 Å². The van der Waals surface area contributed by atoms with Crippen molar-refractivity contribution in [3.63, 3.8) is 0 Å². The fourth-order valence-corrected chi connectivity index (χ4v) is 3.07. The van der Waals surface area contributed by atoms with Gasteiger partial charge < -0.3 is 5.73 Å². The Morgan fingerprint density at radius 3 is 2.82 bits per heavy atom. The first-order valence-electron chi connectivity index (χ1n) is 5.54. The molecule has 0 atom stereocenters. The van der Waals surface area contributed by atoms with E-state index in [2.05, 4.69) is 23.0 Å². The van der Waals surface area contributed by atoms with E-state index in [9.17, 15) is 0 Å². The van der Waals surface area contributed by atoms with Gasteiger partial charge in [-0.15, -0.1) is 0 Å². The van der Waals surface area contributed by atoms with Crippen LogP contribution in [0.5, 0.6) is 0 Å². The van der Waals surface area contributed by atoms with Gasteiger partial charge in [-0.05, 0) is 12.5 Å². The van der Waals surface area contributed by atoms with Gasteiger partial charge in [0.2, 0.25) is 0 Å². The average molecular weight is 243 g/mol. The zero-order chi connectivity index (χ0) is 11.8. The number of aryl methyl sites for hydroxylation is 1. The van der Waals surface area contributed by atoms with E-state index in [1.807, 2.05) is 30.0 Å². The zero-order valence-corrected chi connectivity index (χ0v) is 10.4. The molecular weight excluding hydrogens is 230 g/mol. The molecule has 1 aliphatic rings. The molecule has 0 fully saturated rings. The van der Waals surface area contributed by atoms with Crippen LogP contribution in [0.4, 0.5) is 5.82 Å². The fourth-order valence-electron chi connectivity index (χ4n) is 2.02. The van der Waals surface area contributed by atoms with E-state index in [1.54, 1.807) is 0 Å². The van der Waals surface area contributed by atoms with Crippen LogP contribution < -0.4 is 5.73 Å². The van der Waals surface area contributed by atoms with Gasteiger partial charge in [-0.1, -0.05) is 24.3 Å². The Bertz CT molecular complexity index is 581. The highest BCUT2D eigenvalue weighted by atomic mass is 32.2. The third kappa shape index (κ3) is 1.78. The van der Waals surface area contributed by atoms with Crippen LogP contribution in [-0.4, -0.2) is 9.97 Å². The molecule has 86 valence electrons. The number of nitrogens with zero attached hydrogens (tertiary/aromatic N) is 2. The molecule has 0 unspecified atom stereocenters. The van der Waals surface area contributed by atoms with Gasteiger partial charge in [0.15, 0.2) is 5.82 Å². The van der Waals surface area contributed by atoms with Crippen molar-refractivity contribution in [2.75, 3.05) is 5.73 Å². The largest absolute Gasteiger partial charge is 0.383 e. The summed E-state index contributed by atoms with van der Waals surface area (Å²) in [4.78, 5) is 9.06. The van der Waals surface area contributed by atoms with Crippen molar-refractivity contribution in [3.8, 4) is 11.4 Å². The Kier molecular flexibility index (Phi) is 2.52. The molecule has 0 spiro atoms. The van der Waals surface area contributed by atoms with Crippen molar-refractivity contribution in [1.29, 1.82) is 0 Å². The molecule has 0 amide bonds. The Hall–Kier alpha value is -1.55. The Morgan fingerprint density at radius 1 is 1.18 bits per heavy atom. The van der Waals surface area contributed by atoms with Crippen molar-refractivity contribution in [1.82, 2.24) is 9.97 Å². The van der Waals surface area contributed by atoms with Crippen molar-refractivity contribution in [2.45, 2.75) is 18.4 Å². The molecule has 0 saturated carbocycles. The Morgan fingerprint density at radius 2 is 2.00 bits per heavy atom. The average Bonchev–Trinajstić information content (AvgIpc) is 2.78. The summed E-state index contributed by atoms with van der Waals surface area (Å²) in [7, 11) is 0. The summed E-state index contributed by atoms with van der Waals surface area (Å²) in [5.74, 6) is 3.27. The van der Waals surface area contributed by atoms with Crippen LogP contribution in [0.25, 0.3) is 11.4 Å². The smallest absolute Gasteiger partial charge is 0.162 e.